The van der Waals surface area contributed by atoms with E-state index >= 15 is 0 Å². The summed E-state index contributed by atoms with van der Waals surface area (Å²) in [6.45, 7) is 0.470. The Hall–Kier alpha value is -0.710. The zero-order valence-electron chi connectivity index (χ0n) is 9.36. The van der Waals surface area contributed by atoms with Crippen molar-refractivity contribution in [3.63, 3.8) is 0 Å². The first kappa shape index (κ1) is 11.4. The van der Waals surface area contributed by atoms with Gasteiger partial charge in [0.15, 0.2) is 5.82 Å². The quantitative estimate of drug-likeness (QED) is 0.794. The van der Waals surface area contributed by atoms with Crippen molar-refractivity contribution in [2.75, 3.05) is 0 Å². The Bertz CT molecular complexity index is 522. The molecule has 1 saturated carbocycles. The number of nitrogens with zero attached hydrogens (tertiary/aromatic N) is 2. The smallest absolute Gasteiger partial charge is 0.157 e. The predicted molar refractivity (Wildman–Crippen MR) is 69.5 cm³/mol. The van der Waals surface area contributed by atoms with E-state index in [1.54, 1.807) is 11.3 Å². The van der Waals surface area contributed by atoms with Crippen LogP contribution in [0.25, 0.3) is 10.2 Å². The zero-order chi connectivity index (χ0) is 11.7. The second-order valence-electron chi connectivity index (χ2n) is 4.29. The fraction of sp³-hybridized carbons (Fsp3) is 0.500. The second kappa shape index (κ2) is 4.88. The van der Waals surface area contributed by atoms with Gasteiger partial charge in [0.05, 0.1) is 6.10 Å². The molecule has 0 amide bonds. The van der Waals surface area contributed by atoms with Gasteiger partial charge in [0, 0.05) is 5.39 Å². The van der Waals surface area contributed by atoms with E-state index in [0.29, 0.717) is 23.7 Å². The van der Waals surface area contributed by atoms with E-state index in [2.05, 4.69) is 9.97 Å². The third-order valence-corrected chi connectivity index (χ3v) is 4.17. The topological polar surface area (TPSA) is 35.0 Å². The Morgan fingerprint density at radius 3 is 3.00 bits per heavy atom. The Labute approximate surface area is 109 Å². The molecule has 2 aromatic heterocycles. The molecule has 0 atom stereocenters. The summed E-state index contributed by atoms with van der Waals surface area (Å²) in [6, 6.07) is 1.95. The monoisotopic (exact) mass is 268 g/mol. The third-order valence-electron chi connectivity index (χ3n) is 3.08. The van der Waals surface area contributed by atoms with Gasteiger partial charge in [-0.25, -0.2) is 9.97 Å². The average Bonchev–Trinajstić information content (AvgIpc) is 2.97. The van der Waals surface area contributed by atoms with Crippen LogP contribution < -0.4 is 0 Å². The summed E-state index contributed by atoms with van der Waals surface area (Å²) in [5.74, 6) is 0.692. The van der Waals surface area contributed by atoms with Crippen molar-refractivity contribution < 1.29 is 4.74 Å². The Balaban J connectivity index is 1.75. The van der Waals surface area contributed by atoms with E-state index in [0.717, 1.165) is 23.1 Å². The maximum absolute atomic E-state index is 6.10. The van der Waals surface area contributed by atoms with Crippen molar-refractivity contribution in [1.29, 1.82) is 0 Å². The van der Waals surface area contributed by atoms with Crippen molar-refractivity contribution >= 4 is 33.2 Å². The molecule has 1 aliphatic rings. The standard InChI is InChI=1S/C12H13ClN2OS/c13-11-9-5-6-17-12(9)15-10(14-11)7-16-8-3-1-2-4-8/h5-6,8H,1-4,7H2. The Kier molecular flexibility index (Phi) is 3.27. The van der Waals surface area contributed by atoms with Crippen molar-refractivity contribution in [2.45, 2.75) is 38.4 Å². The molecule has 0 spiro atoms. The maximum Gasteiger partial charge on any atom is 0.157 e. The van der Waals surface area contributed by atoms with Gasteiger partial charge in [-0.3, -0.25) is 0 Å². The van der Waals surface area contributed by atoms with Gasteiger partial charge in [0.1, 0.15) is 16.6 Å². The van der Waals surface area contributed by atoms with Crippen molar-refractivity contribution in [3.8, 4) is 0 Å². The normalized spacial score (nSPS) is 17.0. The lowest BCUT2D eigenvalue weighted by Crippen LogP contribution is -2.09. The van der Waals surface area contributed by atoms with Crippen LogP contribution in [0.3, 0.4) is 0 Å². The molecule has 1 aliphatic carbocycles. The van der Waals surface area contributed by atoms with Gasteiger partial charge in [-0.05, 0) is 24.3 Å². The first-order valence-electron chi connectivity index (χ1n) is 5.84. The lowest BCUT2D eigenvalue weighted by atomic mass is 10.3. The molecule has 2 heterocycles. The van der Waals surface area contributed by atoms with Crippen LogP contribution in [-0.4, -0.2) is 16.1 Å². The molecule has 0 unspecified atom stereocenters. The molecule has 90 valence electrons. The number of thiophene rings is 1. The zero-order valence-corrected chi connectivity index (χ0v) is 10.9. The summed E-state index contributed by atoms with van der Waals surface area (Å²) in [5, 5.41) is 3.44. The number of halogens is 1. The molecule has 0 N–H and O–H groups in total. The summed E-state index contributed by atoms with van der Waals surface area (Å²) >= 11 is 7.68. The largest absolute Gasteiger partial charge is 0.370 e. The highest BCUT2D eigenvalue weighted by Crippen LogP contribution is 2.26. The second-order valence-corrected chi connectivity index (χ2v) is 5.54. The van der Waals surface area contributed by atoms with Gasteiger partial charge in [-0.2, -0.15) is 0 Å². The summed E-state index contributed by atoms with van der Waals surface area (Å²) in [7, 11) is 0. The molecule has 0 aliphatic heterocycles. The first-order valence-corrected chi connectivity index (χ1v) is 7.10. The number of ether oxygens (including phenoxy) is 1. The lowest BCUT2D eigenvalue weighted by Gasteiger charge is -2.10. The van der Waals surface area contributed by atoms with Crippen LogP contribution in [0.4, 0.5) is 0 Å². The molecule has 0 radical (unpaired) electrons. The molecular weight excluding hydrogens is 256 g/mol. The van der Waals surface area contributed by atoms with E-state index in [9.17, 15) is 0 Å². The Morgan fingerprint density at radius 1 is 1.35 bits per heavy atom. The van der Waals surface area contributed by atoms with Gasteiger partial charge in [-0.15, -0.1) is 11.3 Å². The number of fused-ring (bicyclic) bond motifs is 1. The number of rotatable bonds is 3. The SMILES string of the molecule is Clc1nc(COC2CCCC2)nc2sccc12. The van der Waals surface area contributed by atoms with Crippen LogP contribution in [0.1, 0.15) is 31.5 Å². The van der Waals surface area contributed by atoms with Crippen LogP contribution in [0.5, 0.6) is 0 Å². The highest BCUT2D eigenvalue weighted by Gasteiger charge is 2.16. The van der Waals surface area contributed by atoms with E-state index in [-0.39, 0.29) is 0 Å². The summed E-state index contributed by atoms with van der Waals surface area (Å²) in [5.41, 5.74) is 0. The number of hydrogen-bond donors (Lipinski definition) is 0. The van der Waals surface area contributed by atoms with E-state index in [1.165, 1.54) is 12.8 Å². The average molecular weight is 269 g/mol. The molecule has 3 nitrogen and oxygen atoms in total. The molecule has 3 rings (SSSR count). The highest BCUT2D eigenvalue weighted by atomic mass is 35.5. The lowest BCUT2D eigenvalue weighted by molar-refractivity contribution is 0.0419. The minimum atomic E-state index is 0.386. The third kappa shape index (κ3) is 2.44. The molecular formula is C12H13ClN2OS. The number of hydrogen-bond acceptors (Lipinski definition) is 4. The summed E-state index contributed by atoms with van der Waals surface area (Å²) < 4.78 is 5.79. The van der Waals surface area contributed by atoms with Gasteiger partial charge < -0.3 is 4.74 Å². The molecule has 0 bridgehead atoms. The van der Waals surface area contributed by atoms with Gasteiger partial charge in [0.2, 0.25) is 0 Å². The molecule has 1 fully saturated rings. The first-order chi connectivity index (χ1) is 8.33. The van der Waals surface area contributed by atoms with Crippen LogP contribution >= 0.6 is 22.9 Å². The molecule has 17 heavy (non-hydrogen) atoms. The van der Waals surface area contributed by atoms with Crippen LogP contribution in [0, 0.1) is 0 Å². The van der Waals surface area contributed by atoms with Crippen molar-refractivity contribution in [2.24, 2.45) is 0 Å². The van der Waals surface area contributed by atoms with Gasteiger partial charge >= 0.3 is 0 Å². The van der Waals surface area contributed by atoms with Gasteiger partial charge in [0.25, 0.3) is 0 Å². The maximum atomic E-state index is 6.10. The molecule has 0 aromatic carbocycles. The minimum absolute atomic E-state index is 0.386. The summed E-state index contributed by atoms with van der Waals surface area (Å²) in [6.07, 6.45) is 5.26. The fourth-order valence-electron chi connectivity index (χ4n) is 2.17. The highest BCUT2D eigenvalue weighted by molar-refractivity contribution is 7.16. The van der Waals surface area contributed by atoms with E-state index < -0.39 is 0 Å². The minimum Gasteiger partial charge on any atom is -0.370 e. The van der Waals surface area contributed by atoms with Gasteiger partial charge in [-0.1, -0.05) is 24.4 Å². The number of aromatic nitrogens is 2. The van der Waals surface area contributed by atoms with Crippen LogP contribution in [0.2, 0.25) is 5.15 Å². The van der Waals surface area contributed by atoms with Crippen LogP contribution in [-0.2, 0) is 11.3 Å². The molecule has 2 aromatic rings. The predicted octanol–water partition coefficient (Wildman–Crippen LogP) is 3.80. The molecule has 0 saturated heterocycles. The van der Waals surface area contributed by atoms with E-state index in [1.807, 2.05) is 11.4 Å². The summed E-state index contributed by atoms with van der Waals surface area (Å²) in [4.78, 5) is 9.67. The van der Waals surface area contributed by atoms with E-state index in [4.69, 9.17) is 16.3 Å². The molecule has 5 heteroatoms. The Morgan fingerprint density at radius 2 is 2.18 bits per heavy atom. The van der Waals surface area contributed by atoms with Crippen molar-refractivity contribution in [1.82, 2.24) is 9.97 Å². The van der Waals surface area contributed by atoms with Crippen molar-refractivity contribution in [3.05, 3.63) is 22.4 Å². The fourth-order valence-corrected chi connectivity index (χ4v) is 3.26. The van der Waals surface area contributed by atoms with Crippen LogP contribution in [0.15, 0.2) is 11.4 Å².